The van der Waals surface area contributed by atoms with Gasteiger partial charge in [0.05, 0.1) is 5.92 Å². The Balaban J connectivity index is 1.78. The van der Waals surface area contributed by atoms with E-state index in [2.05, 4.69) is 5.32 Å². The molecule has 2 saturated carbocycles. The highest BCUT2D eigenvalue weighted by molar-refractivity contribution is 5.70. The van der Waals surface area contributed by atoms with Gasteiger partial charge in [-0.3, -0.25) is 4.79 Å². The van der Waals surface area contributed by atoms with E-state index in [-0.39, 0.29) is 5.92 Å². The Kier molecular flexibility index (Phi) is 5.48. The monoisotopic (exact) mass is 253 g/mol. The molecule has 0 aromatic carbocycles. The van der Waals surface area contributed by atoms with Crippen molar-refractivity contribution in [1.29, 1.82) is 0 Å². The summed E-state index contributed by atoms with van der Waals surface area (Å²) in [4.78, 5) is 11.2. The van der Waals surface area contributed by atoms with E-state index >= 15 is 0 Å². The Morgan fingerprint density at radius 3 is 2.22 bits per heavy atom. The van der Waals surface area contributed by atoms with Gasteiger partial charge in [0.2, 0.25) is 0 Å². The Bertz CT molecular complexity index is 259. The van der Waals surface area contributed by atoms with Gasteiger partial charge in [-0.05, 0) is 38.1 Å². The van der Waals surface area contributed by atoms with Gasteiger partial charge in [0.25, 0.3) is 0 Å². The zero-order valence-electron chi connectivity index (χ0n) is 11.4. The molecule has 0 saturated heterocycles. The average Bonchev–Trinajstić information content (AvgIpc) is 2.65. The van der Waals surface area contributed by atoms with Gasteiger partial charge >= 0.3 is 5.97 Å². The molecule has 2 fully saturated rings. The summed E-state index contributed by atoms with van der Waals surface area (Å²) in [6, 6.07) is 0.642. The van der Waals surface area contributed by atoms with Crippen LogP contribution in [-0.2, 0) is 4.79 Å². The fraction of sp³-hybridized carbons (Fsp3) is 0.933. The van der Waals surface area contributed by atoms with Gasteiger partial charge in [-0.1, -0.05) is 38.5 Å². The number of nitrogens with one attached hydrogen (secondary N) is 1. The van der Waals surface area contributed by atoms with Crippen LogP contribution >= 0.6 is 0 Å². The van der Waals surface area contributed by atoms with Crippen molar-refractivity contribution >= 4 is 5.97 Å². The topological polar surface area (TPSA) is 49.3 Å². The lowest BCUT2D eigenvalue weighted by Crippen LogP contribution is -2.39. The first-order valence-corrected chi connectivity index (χ1v) is 7.73. The van der Waals surface area contributed by atoms with Crippen LogP contribution in [-0.4, -0.2) is 23.7 Å². The van der Waals surface area contributed by atoms with Crippen molar-refractivity contribution in [3.63, 3.8) is 0 Å². The van der Waals surface area contributed by atoms with Crippen molar-refractivity contribution in [2.45, 2.75) is 70.3 Å². The smallest absolute Gasteiger partial charge is 0.306 e. The van der Waals surface area contributed by atoms with Crippen molar-refractivity contribution < 1.29 is 9.90 Å². The molecule has 2 aliphatic rings. The molecule has 0 radical (unpaired) electrons. The molecule has 18 heavy (non-hydrogen) atoms. The van der Waals surface area contributed by atoms with E-state index in [0.717, 1.165) is 25.8 Å². The van der Waals surface area contributed by atoms with Crippen molar-refractivity contribution in [3.05, 3.63) is 0 Å². The number of hydrogen-bond donors (Lipinski definition) is 2. The van der Waals surface area contributed by atoms with Gasteiger partial charge in [-0.25, -0.2) is 0 Å². The number of carbonyl (C=O) groups is 1. The quantitative estimate of drug-likeness (QED) is 0.756. The third-order valence-electron chi connectivity index (χ3n) is 4.75. The zero-order chi connectivity index (χ0) is 12.8. The van der Waals surface area contributed by atoms with Crippen LogP contribution < -0.4 is 5.32 Å². The van der Waals surface area contributed by atoms with Crippen molar-refractivity contribution in [2.75, 3.05) is 6.54 Å². The molecule has 2 N–H and O–H groups in total. The molecule has 3 nitrogen and oxygen atoms in total. The van der Waals surface area contributed by atoms with Gasteiger partial charge in [-0.15, -0.1) is 0 Å². The largest absolute Gasteiger partial charge is 0.481 e. The van der Waals surface area contributed by atoms with Crippen molar-refractivity contribution in [3.8, 4) is 0 Å². The van der Waals surface area contributed by atoms with Crippen LogP contribution in [0.25, 0.3) is 0 Å². The first-order chi connectivity index (χ1) is 8.77. The van der Waals surface area contributed by atoms with Crippen LogP contribution in [0.4, 0.5) is 0 Å². The summed E-state index contributed by atoms with van der Waals surface area (Å²) < 4.78 is 0. The summed E-state index contributed by atoms with van der Waals surface area (Å²) >= 11 is 0. The van der Waals surface area contributed by atoms with Crippen LogP contribution in [0.3, 0.4) is 0 Å². The van der Waals surface area contributed by atoms with Gasteiger partial charge in [-0.2, -0.15) is 0 Å². The minimum atomic E-state index is -0.581. The third-order valence-corrected chi connectivity index (χ3v) is 4.75. The molecule has 3 heteroatoms. The van der Waals surface area contributed by atoms with E-state index < -0.39 is 5.97 Å². The maximum atomic E-state index is 11.2. The normalized spacial score (nSPS) is 30.9. The van der Waals surface area contributed by atoms with E-state index in [1.807, 2.05) is 0 Å². The Morgan fingerprint density at radius 1 is 0.944 bits per heavy atom. The predicted molar refractivity (Wildman–Crippen MR) is 72.6 cm³/mol. The summed E-state index contributed by atoms with van der Waals surface area (Å²) in [5.41, 5.74) is 0. The molecule has 0 bridgehead atoms. The highest BCUT2D eigenvalue weighted by Gasteiger charge is 2.30. The molecule has 0 aromatic heterocycles. The summed E-state index contributed by atoms with van der Waals surface area (Å²) in [7, 11) is 0. The molecular formula is C15H27NO2. The highest BCUT2D eigenvalue weighted by atomic mass is 16.4. The first kappa shape index (κ1) is 13.9. The summed E-state index contributed by atoms with van der Waals surface area (Å²) in [5.74, 6) is -0.320. The predicted octanol–water partition coefficient (Wildman–Crippen LogP) is 3.19. The number of aliphatic carboxylic acids is 1. The van der Waals surface area contributed by atoms with Crippen LogP contribution in [0, 0.1) is 11.8 Å². The molecule has 0 heterocycles. The summed E-state index contributed by atoms with van der Waals surface area (Å²) in [5, 5.41) is 12.9. The molecule has 2 aliphatic carbocycles. The van der Waals surface area contributed by atoms with Crippen LogP contribution in [0.2, 0.25) is 0 Å². The maximum Gasteiger partial charge on any atom is 0.306 e. The minimum absolute atomic E-state index is 0.1000. The van der Waals surface area contributed by atoms with E-state index in [1.165, 1.54) is 44.9 Å². The van der Waals surface area contributed by atoms with Gasteiger partial charge < -0.3 is 10.4 Å². The minimum Gasteiger partial charge on any atom is -0.481 e. The number of carboxylic acids is 1. The van der Waals surface area contributed by atoms with Crippen molar-refractivity contribution in [2.24, 2.45) is 11.8 Å². The van der Waals surface area contributed by atoms with Crippen LogP contribution in [0.15, 0.2) is 0 Å². The average molecular weight is 253 g/mol. The lowest BCUT2D eigenvalue weighted by molar-refractivity contribution is -0.144. The Hall–Kier alpha value is -0.570. The fourth-order valence-electron chi connectivity index (χ4n) is 3.58. The SMILES string of the molecule is O=C(O)C1CCCCC1CNC1CCCCCC1. The third kappa shape index (κ3) is 3.98. The maximum absolute atomic E-state index is 11.2. The molecule has 2 rings (SSSR count). The number of rotatable bonds is 4. The highest BCUT2D eigenvalue weighted by Crippen LogP contribution is 2.30. The standard InChI is InChI=1S/C15H27NO2/c17-15(18)14-10-6-5-7-12(14)11-16-13-8-3-1-2-4-9-13/h12-14,16H,1-11H2,(H,17,18). The molecule has 0 spiro atoms. The van der Waals surface area contributed by atoms with E-state index in [9.17, 15) is 9.90 Å². The Labute approximate surface area is 110 Å². The molecular weight excluding hydrogens is 226 g/mol. The van der Waals surface area contributed by atoms with E-state index in [1.54, 1.807) is 0 Å². The Morgan fingerprint density at radius 2 is 1.56 bits per heavy atom. The first-order valence-electron chi connectivity index (χ1n) is 7.73. The molecule has 0 aliphatic heterocycles. The van der Waals surface area contributed by atoms with E-state index in [4.69, 9.17) is 0 Å². The second-order valence-corrected chi connectivity index (χ2v) is 6.09. The van der Waals surface area contributed by atoms with Crippen LogP contribution in [0.5, 0.6) is 0 Å². The fourth-order valence-corrected chi connectivity index (χ4v) is 3.58. The number of hydrogen-bond acceptors (Lipinski definition) is 2. The lowest BCUT2D eigenvalue weighted by atomic mass is 9.79. The van der Waals surface area contributed by atoms with Crippen molar-refractivity contribution in [1.82, 2.24) is 5.32 Å². The van der Waals surface area contributed by atoms with Gasteiger partial charge in [0.1, 0.15) is 0 Å². The second kappa shape index (κ2) is 7.13. The number of carboxylic acid groups (broad SMARTS) is 1. The molecule has 2 atom stereocenters. The lowest BCUT2D eigenvalue weighted by Gasteiger charge is -2.30. The molecule has 104 valence electrons. The van der Waals surface area contributed by atoms with Crippen LogP contribution in [0.1, 0.15) is 64.2 Å². The molecule has 2 unspecified atom stereocenters. The van der Waals surface area contributed by atoms with Gasteiger partial charge in [0, 0.05) is 6.04 Å². The second-order valence-electron chi connectivity index (χ2n) is 6.09. The summed E-state index contributed by atoms with van der Waals surface area (Å²) in [6.45, 7) is 0.918. The summed E-state index contributed by atoms with van der Waals surface area (Å²) in [6.07, 6.45) is 12.3. The van der Waals surface area contributed by atoms with Gasteiger partial charge in [0.15, 0.2) is 0 Å². The van der Waals surface area contributed by atoms with E-state index in [0.29, 0.717) is 12.0 Å². The molecule has 0 aromatic rings. The molecule has 0 amide bonds. The zero-order valence-corrected chi connectivity index (χ0v) is 11.4.